The molecule has 0 aromatic heterocycles. The van der Waals surface area contributed by atoms with Gasteiger partial charge in [-0.05, 0) is 63.1 Å². The maximum atomic E-state index is 14.0. The van der Waals surface area contributed by atoms with Gasteiger partial charge in [-0.1, -0.05) is 24.3 Å². The summed E-state index contributed by atoms with van der Waals surface area (Å²) in [5.41, 5.74) is 5.96. The lowest BCUT2D eigenvalue weighted by atomic mass is 9.72. The summed E-state index contributed by atoms with van der Waals surface area (Å²) in [4.78, 5) is 175. The summed E-state index contributed by atoms with van der Waals surface area (Å²) in [6, 6.07) is 12.6. The zero-order chi connectivity index (χ0) is 102. The predicted molar refractivity (Wildman–Crippen MR) is 474 cm³/mol. The highest BCUT2D eigenvalue weighted by atomic mass is 35.5. The van der Waals surface area contributed by atoms with Crippen LogP contribution >= 0.6 is 0 Å². The number of phenolic OH excluding ortho intramolecular Hbond substituents is 4. The van der Waals surface area contributed by atoms with E-state index in [1.165, 1.54) is 96.0 Å². The van der Waals surface area contributed by atoms with Gasteiger partial charge in [-0.15, -0.1) is 0 Å². The number of anilines is 2. The van der Waals surface area contributed by atoms with Crippen LogP contribution in [0.4, 0.5) is 11.4 Å². The van der Waals surface area contributed by atoms with Gasteiger partial charge >= 0.3 is 5.97 Å². The molecule has 2 fully saturated rings. The summed E-state index contributed by atoms with van der Waals surface area (Å²) >= 11 is 0. The van der Waals surface area contributed by atoms with Gasteiger partial charge in [0.25, 0.3) is 11.8 Å². The Balaban J connectivity index is 0.000000259. The van der Waals surface area contributed by atoms with Crippen LogP contribution in [-0.2, 0) is 89.1 Å². The van der Waals surface area contributed by atoms with E-state index in [1.807, 2.05) is 0 Å². The van der Waals surface area contributed by atoms with E-state index in [2.05, 4.69) is 32.3 Å². The Kier molecular flexibility index (Phi) is 38.7. The molecule has 2 unspecified atom stereocenters. The Bertz CT molecular complexity index is 5690. The first-order valence-corrected chi connectivity index (χ1v) is 43.7. The normalized spacial score (nSPS) is 21.2. The lowest BCUT2D eigenvalue weighted by molar-refractivity contribution is -0.466. The number of methoxy groups -OCH3 is 4. The number of amides is 7. The van der Waals surface area contributed by atoms with Gasteiger partial charge < -0.3 is 179 Å². The number of carbonyl (C=O) groups is 14. The molecule has 12 rings (SSSR count). The van der Waals surface area contributed by atoms with E-state index in [-0.39, 0.29) is 225 Å². The average molecular weight is 1990 g/mol. The number of nitrogens with two attached hydrogens (primary N) is 2. The van der Waals surface area contributed by atoms with Crippen LogP contribution < -0.4 is 75.1 Å². The number of carboxylic acids is 1. The fourth-order valence-electron chi connectivity index (χ4n) is 16.8. The van der Waals surface area contributed by atoms with Crippen LogP contribution in [0.1, 0.15) is 197 Å². The van der Waals surface area contributed by atoms with Crippen molar-refractivity contribution in [2.45, 2.75) is 163 Å². The Morgan fingerprint density at radius 2 is 0.843 bits per heavy atom. The highest BCUT2D eigenvalue weighted by Gasteiger charge is 2.54. The number of benzene rings is 6. The molecular weight excluding hydrogens is 1880 g/mol. The molecule has 6 aromatic rings. The Hall–Kier alpha value is -13.2. The molecular formula is C92H111ClN8O39. The van der Waals surface area contributed by atoms with Gasteiger partial charge in [-0.25, -0.2) is 0 Å². The maximum Gasteiger partial charge on any atom is 0.303 e. The summed E-state index contributed by atoms with van der Waals surface area (Å²) in [6.07, 6.45) is -10.9. The third-order valence-corrected chi connectivity index (χ3v) is 23.7. The van der Waals surface area contributed by atoms with Crippen LogP contribution in [0.3, 0.4) is 0 Å². The van der Waals surface area contributed by atoms with E-state index < -0.39 is 245 Å². The Labute approximate surface area is 803 Å². The Morgan fingerprint density at radius 1 is 0.464 bits per heavy atom. The zero-order valence-corrected chi connectivity index (χ0v) is 77.4. The number of hydrogen-bond donors (Lipinski definition) is 21. The fraction of sp³-hybridized carbons (Fsp3) is 0.457. The molecule has 0 bridgehead atoms. The van der Waals surface area contributed by atoms with Crippen molar-refractivity contribution in [2.75, 3.05) is 118 Å². The zero-order valence-electron chi connectivity index (χ0n) is 76.7. The van der Waals surface area contributed by atoms with Crippen LogP contribution in [0.2, 0.25) is 0 Å². The molecule has 6 aliphatic rings. The second-order valence-electron chi connectivity index (χ2n) is 33.0. The van der Waals surface area contributed by atoms with Crippen molar-refractivity contribution in [3.05, 3.63) is 139 Å². The lowest BCUT2D eigenvalue weighted by Crippen LogP contribution is -3.00. The van der Waals surface area contributed by atoms with Crippen molar-refractivity contribution in [1.29, 1.82) is 0 Å². The van der Waals surface area contributed by atoms with E-state index in [4.69, 9.17) is 73.4 Å². The number of primary amides is 2. The molecule has 0 spiro atoms. The number of ketones is 6. The number of aliphatic hydroxyl groups is 6. The number of Topliss-reactive ketones (excluding diaryl/α,β-unsaturated/α-hetero) is 2. The second-order valence-corrected chi connectivity index (χ2v) is 33.0. The van der Waals surface area contributed by atoms with Crippen LogP contribution in [-0.4, -0.2) is 316 Å². The van der Waals surface area contributed by atoms with Gasteiger partial charge in [0, 0.05) is 104 Å². The minimum absolute atomic E-state index is 0. The molecule has 7 amide bonds. The van der Waals surface area contributed by atoms with Crippen LogP contribution in [0, 0.1) is 0 Å². The van der Waals surface area contributed by atoms with Gasteiger partial charge in [0.2, 0.25) is 41.1 Å². The van der Waals surface area contributed by atoms with Crippen molar-refractivity contribution < 1.29 is 208 Å². The molecule has 6 aromatic carbocycles. The van der Waals surface area contributed by atoms with E-state index in [9.17, 15) is 128 Å². The van der Waals surface area contributed by atoms with Crippen LogP contribution in [0.5, 0.6) is 57.5 Å². The third kappa shape index (κ3) is 25.3. The largest absolute Gasteiger partial charge is 1.00 e. The van der Waals surface area contributed by atoms with E-state index >= 15 is 0 Å². The van der Waals surface area contributed by atoms with E-state index in [1.54, 1.807) is 6.92 Å². The predicted octanol–water partition coefficient (Wildman–Crippen LogP) is -3.94. The first-order valence-electron chi connectivity index (χ1n) is 43.7. The highest BCUT2D eigenvalue weighted by Crippen LogP contribution is 2.56. The summed E-state index contributed by atoms with van der Waals surface area (Å²) in [5.74, 6) is -14.0. The molecule has 140 heavy (non-hydrogen) atoms. The number of aliphatic carboxylic acids is 1. The van der Waals surface area contributed by atoms with E-state index in [0.29, 0.717) is 0 Å². The van der Waals surface area contributed by atoms with Gasteiger partial charge in [-0.3, -0.25) is 67.1 Å². The maximum absolute atomic E-state index is 14.0. The second kappa shape index (κ2) is 49.1. The topological polar surface area (TPSA) is 753 Å². The number of aliphatic hydroxyl groups excluding tert-OH is 4. The summed E-state index contributed by atoms with van der Waals surface area (Å²) in [6.45, 7) is 1.40. The SMILES string of the molecule is COc1ccc(NC(=O)COCCOCCNC(=O)CCCC(=O)O)c(O)c1C(N)=O.COc1cccc2c1C(=O)c1c(O)c3c(c(O)c1C2=O)C[C@@](O)(C(=O)CO)C[C@H]3OC1C[C@H](NC(=O)CCCC(=O)NCCOCCOCC(=O)Nc2ccc(OC)c(C(N)=O)c2O)[C@H](O)[C@H](C)O1.COc1cccc2c1C(=O)c1c(O)c3c(c(O)c1C2=O)C[C@@](O)(C(=O)CO)C[C@H]3OC1C[C@H]([NH3+])[C@H](O)[C@H](C)O1.[Cl-]. The van der Waals surface area contributed by atoms with Gasteiger partial charge in [0.15, 0.2) is 47.2 Å². The molecule has 2 aliphatic heterocycles. The number of aromatic hydroxyl groups is 6. The number of hydrogen-bond acceptors (Lipinski definition) is 38. The fourth-order valence-corrected chi connectivity index (χ4v) is 16.8. The average Bonchev–Trinajstić information content (AvgIpc) is 0.712. The summed E-state index contributed by atoms with van der Waals surface area (Å²) in [5, 5.41) is 151. The monoisotopic (exact) mass is 1990 g/mol. The van der Waals surface area contributed by atoms with Crippen molar-refractivity contribution in [2.24, 2.45) is 11.5 Å². The number of ether oxygens (including phenoxy) is 12. The Morgan fingerprint density at radius 3 is 1.23 bits per heavy atom. The standard InChI is InChI=1S/C46H54N4O19.C27H29NO11.C19H27N3O9.ClH/c1-21-39(56)25(50-31(54)9-5-8-30(53)48-12-13-66-14-15-67-20-32(55)49-24-10-11-27(65-3)36(42(24)59)45(47)62)16-33(68-21)69-28-18-46(63,29(52)19-51)17-23-35(28)44(61)38-37(41(23)58)40(57)22-6-4-7-26(64-2)34(22)43(38)60;1-10-22(31)13(28)6-17(38-10)39-15-8-27(36,16(30)9-29)7-12-19(15)26(35)21-20(24(12)33)23(32)11-4-3-5-14(37-2)18(11)25(21)34;1-29-13-6-5-12(18(27)17(13)19(20)28)22-15(24)11-31-10-9-30-8-7-21-14(23)3-2-4-16(25)26;/h4,6-7,10-11,21,25,28,33,39,51,56,58-59,61,63H,5,8-9,12-20H2,1-3H3,(H2,47,62)(H,48,53)(H,49,55)(H,50,54);3-5,10,13,15,17,22,29,31,33,35-36H,6-9,28H2,1-2H3;5-6,27H,2-4,7-11H2,1H3,(H2,20,28)(H,21,23)(H,22,24)(H,25,26);1H/t21-,25-,28+,33?,39+,46-;10-,13-,15+,17?,22+,27-;;/m00../s1. The van der Waals surface area contributed by atoms with Crippen molar-refractivity contribution in [3.8, 4) is 57.5 Å². The first-order chi connectivity index (χ1) is 66.0. The number of quaternary nitrogens is 1. The first kappa shape index (κ1) is 110. The number of fused-ring (bicyclic) bond motifs is 6. The molecule has 2 heterocycles. The van der Waals surface area contributed by atoms with Gasteiger partial charge in [0.05, 0.1) is 150 Å². The number of carbonyl (C=O) groups excluding carboxylic acids is 13. The van der Waals surface area contributed by atoms with Crippen molar-refractivity contribution >= 4 is 93.4 Å². The summed E-state index contributed by atoms with van der Waals surface area (Å²) in [7, 11) is 5.21. The van der Waals surface area contributed by atoms with Crippen LogP contribution in [0.15, 0.2) is 60.7 Å². The van der Waals surface area contributed by atoms with Crippen LogP contribution in [0.25, 0.3) is 0 Å². The molecule has 12 atom stereocenters. The molecule has 47 nitrogen and oxygen atoms in total. The smallest absolute Gasteiger partial charge is 0.303 e. The number of phenols is 6. The van der Waals surface area contributed by atoms with E-state index in [0.717, 1.165) is 0 Å². The molecule has 2 saturated heterocycles. The molecule has 4 aliphatic carbocycles. The van der Waals surface area contributed by atoms with Crippen molar-refractivity contribution in [3.63, 3.8) is 0 Å². The number of rotatable bonds is 41. The number of halogens is 1. The quantitative estimate of drug-likeness (QED) is 0.00988. The number of carboxylic acid groups (broad SMARTS) is 1. The molecule has 25 N–H and O–H groups in total. The lowest BCUT2D eigenvalue weighted by Gasteiger charge is -2.43. The third-order valence-electron chi connectivity index (χ3n) is 23.7. The van der Waals surface area contributed by atoms with Gasteiger partial charge in [-0.2, -0.15) is 0 Å². The van der Waals surface area contributed by atoms with Crippen molar-refractivity contribution in [1.82, 2.24) is 16.0 Å². The minimum Gasteiger partial charge on any atom is -1.00 e. The molecule has 0 saturated carbocycles. The summed E-state index contributed by atoms with van der Waals surface area (Å²) < 4.78 is 65.5. The number of nitrogens with one attached hydrogen (secondary N) is 5. The molecule has 48 heteroatoms. The molecule has 0 radical (unpaired) electrons. The molecule has 760 valence electrons. The minimum atomic E-state index is -2.38. The van der Waals surface area contributed by atoms with Gasteiger partial charge in [0.1, 0.15) is 113 Å². The highest BCUT2D eigenvalue weighted by molar-refractivity contribution is 6.32.